The van der Waals surface area contributed by atoms with E-state index in [4.69, 9.17) is 9.72 Å². The van der Waals surface area contributed by atoms with Crippen LogP contribution >= 0.6 is 0 Å². The number of nitrogens with one attached hydrogen (secondary N) is 1. The highest BCUT2D eigenvalue weighted by Crippen LogP contribution is 2.26. The second kappa shape index (κ2) is 10.1. The molecule has 6 heteroatoms. The Morgan fingerprint density at radius 3 is 2.17 bits per heavy atom. The Bertz CT molecular complexity index is 1630. The monoisotopic (exact) mass is 492 g/mol. The largest absolute Gasteiger partial charge is 0.497 e. The van der Waals surface area contributed by atoms with Gasteiger partial charge in [0, 0.05) is 5.39 Å². The van der Waals surface area contributed by atoms with Crippen LogP contribution in [-0.4, -0.2) is 20.5 Å². The molecular weight excluding hydrogens is 468 g/mol. The normalized spacial score (nSPS) is 11.6. The number of hydrogen-bond donors (Lipinski definition) is 1. The van der Waals surface area contributed by atoms with Gasteiger partial charge < -0.3 is 4.74 Å². The van der Waals surface area contributed by atoms with Crippen molar-refractivity contribution in [3.63, 3.8) is 0 Å². The van der Waals surface area contributed by atoms with Crippen LogP contribution in [0.4, 0.5) is 5.69 Å². The van der Waals surface area contributed by atoms with E-state index < -0.39 is 10.0 Å². The van der Waals surface area contributed by atoms with Crippen LogP contribution in [0.3, 0.4) is 0 Å². The molecule has 0 saturated heterocycles. The van der Waals surface area contributed by atoms with Crippen molar-refractivity contribution in [1.82, 2.24) is 4.98 Å². The molecule has 0 atom stereocenters. The summed E-state index contributed by atoms with van der Waals surface area (Å²) in [5.41, 5.74) is 5.11. The molecule has 0 saturated carbocycles. The van der Waals surface area contributed by atoms with Crippen molar-refractivity contribution in [2.75, 3.05) is 11.8 Å². The molecular formula is C30H24N2O3S. The van der Waals surface area contributed by atoms with Crippen molar-refractivity contribution in [1.29, 1.82) is 0 Å². The first-order chi connectivity index (χ1) is 17.5. The second-order valence-corrected chi connectivity index (χ2v) is 9.90. The number of para-hydroxylation sites is 1. The molecule has 0 aliphatic carbocycles. The van der Waals surface area contributed by atoms with E-state index in [1.165, 1.54) is 24.8 Å². The lowest BCUT2D eigenvalue weighted by molar-refractivity contribution is 0.414. The quantitative estimate of drug-likeness (QED) is 0.269. The maximum atomic E-state index is 13.0. The number of ether oxygens (including phenoxy) is 1. The summed E-state index contributed by atoms with van der Waals surface area (Å²) in [6.07, 6.45) is 3.92. The molecule has 0 aliphatic heterocycles. The lowest BCUT2D eigenvalue weighted by Crippen LogP contribution is -2.13. The van der Waals surface area contributed by atoms with Gasteiger partial charge in [-0.15, -0.1) is 0 Å². The Hall–Kier alpha value is -4.42. The molecule has 0 fully saturated rings. The number of hydrogen-bond acceptors (Lipinski definition) is 4. The van der Waals surface area contributed by atoms with Gasteiger partial charge >= 0.3 is 0 Å². The predicted molar refractivity (Wildman–Crippen MR) is 146 cm³/mol. The first kappa shape index (κ1) is 23.3. The van der Waals surface area contributed by atoms with E-state index in [2.05, 4.69) is 41.1 Å². The molecule has 5 nitrogen and oxygen atoms in total. The van der Waals surface area contributed by atoms with Crippen molar-refractivity contribution in [3.8, 4) is 16.9 Å². The van der Waals surface area contributed by atoms with Gasteiger partial charge in [0.05, 0.1) is 28.9 Å². The predicted octanol–water partition coefficient (Wildman–Crippen LogP) is 6.88. The van der Waals surface area contributed by atoms with E-state index in [1.54, 1.807) is 24.3 Å². The lowest BCUT2D eigenvalue weighted by atomic mass is 10.0. The van der Waals surface area contributed by atoms with Crippen LogP contribution < -0.4 is 9.46 Å². The first-order valence-electron chi connectivity index (χ1n) is 11.4. The van der Waals surface area contributed by atoms with Gasteiger partial charge in [-0.25, -0.2) is 13.4 Å². The van der Waals surface area contributed by atoms with Crippen molar-refractivity contribution in [3.05, 3.63) is 120 Å². The van der Waals surface area contributed by atoms with Crippen LogP contribution in [0.1, 0.15) is 11.3 Å². The fourth-order valence-corrected chi connectivity index (χ4v) is 4.96. The maximum Gasteiger partial charge on any atom is 0.261 e. The summed E-state index contributed by atoms with van der Waals surface area (Å²) >= 11 is 0. The number of rotatable bonds is 7. The Kier molecular flexibility index (Phi) is 6.52. The molecule has 1 heterocycles. The van der Waals surface area contributed by atoms with Crippen molar-refractivity contribution < 1.29 is 13.2 Å². The third-order valence-corrected chi connectivity index (χ3v) is 7.20. The van der Waals surface area contributed by atoms with E-state index in [9.17, 15) is 8.42 Å². The van der Waals surface area contributed by atoms with Gasteiger partial charge in [0.15, 0.2) is 0 Å². The van der Waals surface area contributed by atoms with Gasteiger partial charge in [-0.2, -0.15) is 0 Å². The topological polar surface area (TPSA) is 68.3 Å². The molecule has 4 aromatic carbocycles. The molecule has 5 rings (SSSR count). The highest BCUT2D eigenvalue weighted by atomic mass is 32.2. The Morgan fingerprint density at radius 2 is 1.44 bits per heavy atom. The Balaban J connectivity index is 1.40. The number of pyridine rings is 1. The number of fused-ring (bicyclic) bond motifs is 1. The van der Waals surface area contributed by atoms with Gasteiger partial charge in [-0.3, -0.25) is 4.72 Å². The summed E-state index contributed by atoms with van der Waals surface area (Å²) in [4.78, 5) is 4.88. The first-order valence-corrected chi connectivity index (χ1v) is 12.9. The highest BCUT2D eigenvalue weighted by molar-refractivity contribution is 7.92. The smallest absolute Gasteiger partial charge is 0.261 e. The van der Waals surface area contributed by atoms with Crippen LogP contribution in [0.5, 0.6) is 5.75 Å². The second-order valence-electron chi connectivity index (χ2n) is 8.22. The zero-order valence-corrected chi connectivity index (χ0v) is 20.4. The van der Waals surface area contributed by atoms with E-state index in [-0.39, 0.29) is 4.90 Å². The molecule has 36 heavy (non-hydrogen) atoms. The Morgan fingerprint density at radius 1 is 0.722 bits per heavy atom. The SMILES string of the molecule is COc1ccc(S(=O)(=O)Nc2cccc3ccc(C=Cc4ccc(-c5ccccc5)cc4)nc23)cc1. The number of benzene rings is 4. The molecule has 1 N–H and O–H groups in total. The van der Waals surface area contributed by atoms with Crippen LogP contribution in [-0.2, 0) is 10.0 Å². The lowest BCUT2D eigenvalue weighted by Gasteiger charge is -2.11. The van der Waals surface area contributed by atoms with Crippen LogP contribution in [0, 0.1) is 0 Å². The molecule has 0 amide bonds. The average molecular weight is 493 g/mol. The number of nitrogens with zero attached hydrogens (tertiary/aromatic N) is 1. The number of sulfonamides is 1. The molecule has 0 spiro atoms. The minimum Gasteiger partial charge on any atom is -0.497 e. The summed E-state index contributed by atoms with van der Waals surface area (Å²) in [6, 6.07) is 34.1. The fraction of sp³-hybridized carbons (Fsp3) is 0.0333. The van der Waals surface area contributed by atoms with Gasteiger partial charge in [-0.05, 0) is 59.2 Å². The number of aromatic nitrogens is 1. The highest BCUT2D eigenvalue weighted by Gasteiger charge is 2.16. The summed E-state index contributed by atoms with van der Waals surface area (Å²) in [5.74, 6) is 0.590. The summed E-state index contributed by atoms with van der Waals surface area (Å²) in [6.45, 7) is 0. The molecule has 1 aromatic heterocycles. The van der Waals surface area contributed by atoms with E-state index in [0.717, 1.165) is 22.2 Å². The zero-order valence-electron chi connectivity index (χ0n) is 19.6. The third kappa shape index (κ3) is 5.14. The van der Waals surface area contributed by atoms with E-state index >= 15 is 0 Å². The van der Waals surface area contributed by atoms with Crippen LogP contribution in [0.2, 0.25) is 0 Å². The minimum atomic E-state index is -3.79. The van der Waals surface area contributed by atoms with Gasteiger partial charge in [0.2, 0.25) is 0 Å². The summed E-state index contributed by atoms with van der Waals surface area (Å²) in [5, 5.41) is 0.842. The molecule has 178 valence electrons. The van der Waals surface area contributed by atoms with Crippen LogP contribution in [0.25, 0.3) is 34.2 Å². The molecule has 0 unspecified atom stereocenters. The summed E-state index contributed by atoms with van der Waals surface area (Å²) < 4.78 is 33.8. The standard InChI is InChI=1S/C30H24N2O3S/c1-35-27-18-20-28(21-19-27)36(33,34)32-29-9-5-8-25-15-17-26(31-30(25)29)16-12-22-10-13-24(14-11-22)23-6-3-2-4-7-23/h2-21,32H,1H3. The maximum absolute atomic E-state index is 13.0. The van der Waals surface area contributed by atoms with Gasteiger partial charge in [0.25, 0.3) is 10.0 Å². The van der Waals surface area contributed by atoms with Crippen LogP contribution in [0.15, 0.2) is 114 Å². The van der Waals surface area contributed by atoms with Gasteiger partial charge in [0.1, 0.15) is 5.75 Å². The van der Waals surface area contributed by atoms with Crippen molar-refractivity contribution in [2.24, 2.45) is 0 Å². The van der Waals surface area contributed by atoms with Crippen molar-refractivity contribution in [2.45, 2.75) is 4.90 Å². The zero-order chi connectivity index (χ0) is 25.0. The average Bonchev–Trinajstić information content (AvgIpc) is 2.93. The van der Waals surface area contributed by atoms with Gasteiger partial charge in [-0.1, -0.05) is 78.9 Å². The van der Waals surface area contributed by atoms with Crippen molar-refractivity contribution >= 4 is 38.8 Å². The molecule has 5 aromatic rings. The minimum absolute atomic E-state index is 0.148. The summed E-state index contributed by atoms with van der Waals surface area (Å²) in [7, 11) is -2.25. The number of methoxy groups -OCH3 is 1. The molecule has 0 aliphatic rings. The molecule has 0 bridgehead atoms. The van der Waals surface area contributed by atoms with E-state index in [0.29, 0.717) is 17.0 Å². The molecule has 0 radical (unpaired) electrons. The fourth-order valence-electron chi connectivity index (χ4n) is 3.89. The Labute approximate surface area is 210 Å². The van der Waals surface area contributed by atoms with E-state index in [1.807, 2.05) is 48.6 Å². The third-order valence-electron chi connectivity index (χ3n) is 5.82. The number of anilines is 1.